The van der Waals surface area contributed by atoms with Crippen LogP contribution in [0.3, 0.4) is 0 Å². The SMILES string of the molecule is CC(C)CCOc1ccc(C(=O)NNC(=S)NC(=O)c2ccc(-c3ccccc3)cc2)cc1. The topological polar surface area (TPSA) is 79.5 Å². The van der Waals surface area contributed by atoms with Gasteiger partial charge in [-0.25, -0.2) is 0 Å². The fourth-order valence-corrected chi connectivity index (χ4v) is 3.10. The Hall–Kier alpha value is -3.71. The van der Waals surface area contributed by atoms with Gasteiger partial charge in [0.25, 0.3) is 11.8 Å². The zero-order chi connectivity index (χ0) is 23.6. The number of hydrazine groups is 1. The fourth-order valence-electron chi connectivity index (χ4n) is 2.95. The minimum Gasteiger partial charge on any atom is -0.494 e. The number of hydrogen-bond acceptors (Lipinski definition) is 4. The smallest absolute Gasteiger partial charge is 0.269 e. The molecule has 33 heavy (non-hydrogen) atoms. The quantitative estimate of drug-likeness (QED) is 0.350. The van der Waals surface area contributed by atoms with Gasteiger partial charge in [-0.3, -0.25) is 25.8 Å². The number of thiocarbonyl (C=S) groups is 1. The summed E-state index contributed by atoms with van der Waals surface area (Å²) in [5.74, 6) is 0.525. The molecule has 0 heterocycles. The molecule has 3 aromatic carbocycles. The first kappa shape index (κ1) is 23.9. The van der Waals surface area contributed by atoms with E-state index in [4.69, 9.17) is 17.0 Å². The third-order valence-corrected chi connectivity index (χ3v) is 5.06. The van der Waals surface area contributed by atoms with Gasteiger partial charge in [0.05, 0.1) is 6.61 Å². The second kappa shape index (κ2) is 11.8. The predicted octanol–water partition coefficient (Wildman–Crippen LogP) is 4.73. The van der Waals surface area contributed by atoms with Crippen LogP contribution < -0.4 is 20.9 Å². The number of carbonyl (C=O) groups excluding carboxylic acids is 2. The van der Waals surface area contributed by atoms with Gasteiger partial charge in [-0.2, -0.15) is 0 Å². The Balaban J connectivity index is 1.45. The average molecular weight is 462 g/mol. The maximum atomic E-state index is 12.4. The molecule has 3 aromatic rings. The average Bonchev–Trinajstić information content (AvgIpc) is 2.83. The highest BCUT2D eigenvalue weighted by atomic mass is 32.1. The molecule has 0 spiro atoms. The van der Waals surface area contributed by atoms with Gasteiger partial charge in [0, 0.05) is 11.1 Å². The van der Waals surface area contributed by atoms with E-state index in [0.29, 0.717) is 29.4 Å². The summed E-state index contributed by atoms with van der Waals surface area (Å²) in [4.78, 5) is 24.7. The zero-order valence-corrected chi connectivity index (χ0v) is 19.4. The Morgan fingerprint density at radius 3 is 2.00 bits per heavy atom. The summed E-state index contributed by atoms with van der Waals surface area (Å²) in [5.41, 5.74) is 8.00. The molecule has 6 nitrogen and oxygen atoms in total. The molecule has 0 atom stereocenters. The Labute approximate surface area is 199 Å². The van der Waals surface area contributed by atoms with Gasteiger partial charge in [0.1, 0.15) is 5.75 Å². The van der Waals surface area contributed by atoms with Crippen LogP contribution in [0.25, 0.3) is 11.1 Å². The van der Waals surface area contributed by atoms with Crippen LogP contribution in [-0.4, -0.2) is 23.5 Å². The molecule has 0 unspecified atom stereocenters. The summed E-state index contributed by atoms with van der Waals surface area (Å²) in [5, 5.41) is 2.54. The van der Waals surface area contributed by atoms with Crippen molar-refractivity contribution in [2.45, 2.75) is 20.3 Å². The first-order valence-corrected chi connectivity index (χ1v) is 11.1. The number of hydrogen-bond donors (Lipinski definition) is 3. The van der Waals surface area contributed by atoms with Crippen molar-refractivity contribution in [3.63, 3.8) is 0 Å². The molecule has 0 bridgehead atoms. The summed E-state index contributed by atoms with van der Waals surface area (Å²) >= 11 is 5.11. The van der Waals surface area contributed by atoms with Crippen molar-refractivity contribution >= 4 is 29.1 Å². The number of rotatable bonds is 7. The molecule has 0 saturated carbocycles. The molecule has 0 aliphatic carbocycles. The first-order chi connectivity index (χ1) is 15.9. The molecule has 0 aliphatic rings. The third kappa shape index (κ3) is 7.43. The molecule has 2 amide bonds. The lowest BCUT2D eigenvalue weighted by atomic mass is 10.0. The highest BCUT2D eigenvalue weighted by Crippen LogP contribution is 2.19. The van der Waals surface area contributed by atoms with Crippen LogP contribution in [0.15, 0.2) is 78.9 Å². The largest absolute Gasteiger partial charge is 0.494 e. The second-order valence-electron chi connectivity index (χ2n) is 7.86. The number of nitrogens with one attached hydrogen (secondary N) is 3. The molecule has 3 rings (SSSR count). The van der Waals surface area contributed by atoms with Gasteiger partial charge >= 0.3 is 0 Å². The van der Waals surface area contributed by atoms with E-state index < -0.39 is 0 Å². The van der Waals surface area contributed by atoms with Crippen molar-refractivity contribution in [2.24, 2.45) is 5.92 Å². The van der Waals surface area contributed by atoms with Gasteiger partial charge in [-0.15, -0.1) is 0 Å². The Morgan fingerprint density at radius 2 is 1.36 bits per heavy atom. The van der Waals surface area contributed by atoms with E-state index in [1.54, 1.807) is 36.4 Å². The van der Waals surface area contributed by atoms with E-state index in [0.717, 1.165) is 17.5 Å². The number of amides is 2. The monoisotopic (exact) mass is 461 g/mol. The van der Waals surface area contributed by atoms with Crippen molar-refractivity contribution < 1.29 is 14.3 Å². The second-order valence-corrected chi connectivity index (χ2v) is 8.27. The molecule has 3 N–H and O–H groups in total. The standard InChI is InChI=1S/C26H27N3O3S/c1-18(2)16-17-32-23-14-12-22(13-15-23)25(31)28-29-26(33)27-24(30)21-10-8-20(9-11-21)19-6-4-3-5-7-19/h3-15,18H,16-17H2,1-2H3,(H,28,31)(H2,27,29,30,33). The van der Waals surface area contributed by atoms with E-state index >= 15 is 0 Å². The minimum absolute atomic E-state index is 0.00544. The highest BCUT2D eigenvalue weighted by Gasteiger charge is 2.10. The van der Waals surface area contributed by atoms with E-state index in [2.05, 4.69) is 30.0 Å². The number of ether oxygens (including phenoxy) is 1. The van der Waals surface area contributed by atoms with Gasteiger partial charge in [-0.1, -0.05) is 56.3 Å². The van der Waals surface area contributed by atoms with Crippen molar-refractivity contribution in [1.82, 2.24) is 16.2 Å². The Kier molecular flexibility index (Phi) is 8.55. The molecule has 0 saturated heterocycles. The fraction of sp³-hybridized carbons (Fsp3) is 0.192. The van der Waals surface area contributed by atoms with Crippen LogP contribution >= 0.6 is 12.2 Å². The van der Waals surface area contributed by atoms with Crippen molar-refractivity contribution in [3.8, 4) is 16.9 Å². The van der Waals surface area contributed by atoms with Crippen molar-refractivity contribution in [1.29, 1.82) is 0 Å². The Morgan fingerprint density at radius 1 is 0.788 bits per heavy atom. The molecule has 170 valence electrons. The lowest BCUT2D eigenvalue weighted by molar-refractivity contribution is 0.0934. The lowest BCUT2D eigenvalue weighted by Crippen LogP contribution is -2.48. The third-order valence-electron chi connectivity index (χ3n) is 4.85. The van der Waals surface area contributed by atoms with Crippen molar-refractivity contribution in [2.75, 3.05) is 6.61 Å². The van der Waals surface area contributed by atoms with Crippen LogP contribution in [-0.2, 0) is 0 Å². The van der Waals surface area contributed by atoms with Gasteiger partial charge < -0.3 is 4.74 Å². The van der Waals surface area contributed by atoms with Gasteiger partial charge in [0.2, 0.25) is 0 Å². The summed E-state index contributed by atoms with van der Waals surface area (Å²) in [7, 11) is 0. The predicted molar refractivity (Wildman–Crippen MR) is 134 cm³/mol. The van der Waals surface area contributed by atoms with E-state index in [9.17, 15) is 9.59 Å². The normalized spacial score (nSPS) is 10.4. The zero-order valence-electron chi connectivity index (χ0n) is 18.6. The lowest BCUT2D eigenvalue weighted by Gasteiger charge is -2.12. The van der Waals surface area contributed by atoms with E-state index in [-0.39, 0.29) is 16.9 Å². The number of benzene rings is 3. The molecule has 0 radical (unpaired) electrons. The molecule has 0 fully saturated rings. The molecule has 0 aromatic heterocycles. The van der Waals surface area contributed by atoms with E-state index in [1.807, 2.05) is 42.5 Å². The maximum Gasteiger partial charge on any atom is 0.269 e. The van der Waals surface area contributed by atoms with Gasteiger partial charge in [0.15, 0.2) is 5.11 Å². The van der Waals surface area contributed by atoms with Crippen LogP contribution in [0, 0.1) is 5.92 Å². The summed E-state index contributed by atoms with van der Waals surface area (Å²) in [6, 6.07) is 23.9. The Bertz CT molecular complexity index is 1080. The first-order valence-electron chi connectivity index (χ1n) is 10.7. The molecule has 0 aliphatic heterocycles. The molecular formula is C26H27N3O3S. The van der Waals surface area contributed by atoms with Crippen LogP contribution in [0.5, 0.6) is 5.75 Å². The van der Waals surface area contributed by atoms with Crippen LogP contribution in [0.4, 0.5) is 0 Å². The maximum absolute atomic E-state index is 12.4. The highest BCUT2D eigenvalue weighted by molar-refractivity contribution is 7.80. The van der Waals surface area contributed by atoms with Crippen LogP contribution in [0.2, 0.25) is 0 Å². The summed E-state index contributed by atoms with van der Waals surface area (Å²) in [6.45, 7) is 4.91. The summed E-state index contributed by atoms with van der Waals surface area (Å²) < 4.78 is 5.65. The van der Waals surface area contributed by atoms with Crippen molar-refractivity contribution in [3.05, 3.63) is 90.0 Å². The summed E-state index contributed by atoms with van der Waals surface area (Å²) in [6.07, 6.45) is 0.965. The molecular weight excluding hydrogens is 434 g/mol. The minimum atomic E-state index is -0.382. The number of carbonyl (C=O) groups is 2. The van der Waals surface area contributed by atoms with Crippen LogP contribution in [0.1, 0.15) is 41.0 Å². The van der Waals surface area contributed by atoms with Gasteiger partial charge in [-0.05, 0) is 72.1 Å². The van der Waals surface area contributed by atoms with E-state index in [1.165, 1.54) is 0 Å². The molecule has 7 heteroatoms.